The fraction of sp³-hybridized carbons (Fsp3) is 0.727. The number of carbonyl (C=O) groups is 1. The summed E-state index contributed by atoms with van der Waals surface area (Å²) in [5.74, 6) is 1.99. The summed E-state index contributed by atoms with van der Waals surface area (Å²) >= 11 is 0. The summed E-state index contributed by atoms with van der Waals surface area (Å²) in [6.45, 7) is 0. The Bertz CT molecular complexity index is 278. The third-order valence-electron chi connectivity index (χ3n) is 4.23. The Balaban J connectivity index is 2.00. The lowest BCUT2D eigenvalue weighted by atomic mass is 9.65. The first-order valence-electron chi connectivity index (χ1n) is 5.20. The van der Waals surface area contributed by atoms with Crippen LogP contribution in [0.15, 0.2) is 11.6 Å². The summed E-state index contributed by atoms with van der Waals surface area (Å²) in [5, 5.41) is 8.98. The van der Waals surface area contributed by atoms with Crippen molar-refractivity contribution in [2.45, 2.75) is 25.7 Å². The minimum atomic E-state index is -0.672. The van der Waals surface area contributed by atoms with Gasteiger partial charge in [0.1, 0.15) is 0 Å². The van der Waals surface area contributed by atoms with Crippen LogP contribution in [0.25, 0.3) is 0 Å². The van der Waals surface area contributed by atoms with Gasteiger partial charge < -0.3 is 5.11 Å². The highest BCUT2D eigenvalue weighted by Gasteiger charge is 2.47. The van der Waals surface area contributed by atoms with Crippen LogP contribution in [0.3, 0.4) is 0 Å². The number of hydrogen-bond acceptors (Lipinski definition) is 1. The van der Waals surface area contributed by atoms with Crippen molar-refractivity contribution in [2.75, 3.05) is 0 Å². The second kappa shape index (κ2) is 2.37. The number of carboxylic acid groups (broad SMARTS) is 1. The smallest absolute Gasteiger partial charge is 0.331 e. The molecule has 4 rings (SSSR count). The lowest BCUT2D eigenvalue weighted by Crippen LogP contribution is -2.33. The van der Waals surface area contributed by atoms with Crippen molar-refractivity contribution >= 4 is 5.97 Å². The Kier molecular flexibility index (Phi) is 1.38. The molecule has 0 aliphatic heterocycles. The molecule has 0 heterocycles. The summed E-state index contributed by atoms with van der Waals surface area (Å²) in [6.07, 6.45) is 7.06. The summed E-state index contributed by atoms with van der Waals surface area (Å²) in [6, 6.07) is 0. The SMILES string of the molecule is O=C(O)C1=CC2[C@@H]3CC[C@H]2CC1C3. The standard InChI is InChI=1S/C11H14O2/c12-11(13)10-5-9-6-1-2-7(9)4-8(10)3-6/h5-9H,1-4H2,(H,12,13)/t6-,7+,8?,9?. The van der Waals surface area contributed by atoms with Crippen LogP contribution in [0.5, 0.6) is 0 Å². The number of allylic oxidation sites excluding steroid dienone is 1. The van der Waals surface area contributed by atoms with E-state index in [0.717, 1.165) is 30.3 Å². The second-order valence-electron chi connectivity index (χ2n) is 4.77. The molecule has 2 fully saturated rings. The highest BCUT2D eigenvalue weighted by molar-refractivity contribution is 5.87. The van der Waals surface area contributed by atoms with E-state index in [2.05, 4.69) is 6.08 Å². The van der Waals surface area contributed by atoms with E-state index in [1.165, 1.54) is 12.8 Å². The van der Waals surface area contributed by atoms with E-state index in [0.29, 0.717) is 11.8 Å². The fourth-order valence-electron chi connectivity index (χ4n) is 3.69. The van der Waals surface area contributed by atoms with Gasteiger partial charge in [0.05, 0.1) is 0 Å². The van der Waals surface area contributed by atoms with Crippen LogP contribution in [0, 0.1) is 23.7 Å². The number of aliphatic carboxylic acids is 1. The molecule has 0 radical (unpaired) electrons. The molecule has 2 unspecified atom stereocenters. The molecule has 0 saturated heterocycles. The van der Waals surface area contributed by atoms with Gasteiger partial charge in [0, 0.05) is 5.57 Å². The van der Waals surface area contributed by atoms with Gasteiger partial charge in [-0.05, 0) is 49.4 Å². The zero-order valence-corrected chi connectivity index (χ0v) is 7.57. The molecule has 0 aromatic carbocycles. The van der Waals surface area contributed by atoms with E-state index in [4.69, 9.17) is 5.11 Å². The van der Waals surface area contributed by atoms with Crippen molar-refractivity contribution < 1.29 is 9.90 Å². The Morgan fingerprint density at radius 2 is 1.92 bits per heavy atom. The van der Waals surface area contributed by atoms with Gasteiger partial charge in [-0.15, -0.1) is 0 Å². The molecular formula is C11H14O2. The van der Waals surface area contributed by atoms with Gasteiger partial charge in [-0.3, -0.25) is 0 Å². The molecule has 4 aliphatic rings. The monoisotopic (exact) mass is 178 g/mol. The molecule has 0 aromatic heterocycles. The van der Waals surface area contributed by atoms with E-state index in [1.807, 2.05) is 0 Å². The minimum Gasteiger partial charge on any atom is -0.478 e. The van der Waals surface area contributed by atoms with E-state index < -0.39 is 5.97 Å². The van der Waals surface area contributed by atoms with E-state index >= 15 is 0 Å². The summed E-state index contributed by atoms with van der Waals surface area (Å²) in [4.78, 5) is 10.9. The highest BCUT2D eigenvalue weighted by Crippen LogP contribution is 2.55. The Morgan fingerprint density at radius 3 is 2.38 bits per heavy atom. The summed E-state index contributed by atoms with van der Waals surface area (Å²) < 4.78 is 0. The molecule has 2 nitrogen and oxygen atoms in total. The van der Waals surface area contributed by atoms with E-state index in [1.54, 1.807) is 0 Å². The molecule has 70 valence electrons. The molecule has 13 heavy (non-hydrogen) atoms. The average Bonchev–Trinajstić information content (AvgIpc) is 2.40. The van der Waals surface area contributed by atoms with Crippen LogP contribution in [-0.2, 0) is 4.79 Å². The molecular weight excluding hydrogens is 164 g/mol. The van der Waals surface area contributed by atoms with Crippen molar-refractivity contribution in [2.24, 2.45) is 23.7 Å². The molecule has 4 bridgehead atoms. The zero-order chi connectivity index (χ0) is 9.00. The van der Waals surface area contributed by atoms with Gasteiger partial charge in [0.25, 0.3) is 0 Å². The lowest BCUT2D eigenvalue weighted by molar-refractivity contribution is -0.133. The number of hydrogen-bond donors (Lipinski definition) is 1. The van der Waals surface area contributed by atoms with Crippen LogP contribution < -0.4 is 0 Å². The molecule has 0 aromatic rings. The van der Waals surface area contributed by atoms with Crippen molar-refractivity contribution in [3.8, 4) is 0 Å². The van der Waals surface area contributed by atoms with Gasteiger partial charge in [-0.25, -0.2) is 4.79 Å². The summed E-state index contributed by atoms with van der Waals surface area (Å²) in [5.41, 5.74) is 0.722. The highest BCUT2D eigenvalue weighted by atomic mass is 16.4. The first-order chi connectivity index (χ1) is 6.25. The van der Waals surface area contributed by atoms with Crippen molar-refractivity contribution in [3.63, 3.8) is 0 Å². The molecule has 0 spiro atoms. The third kappa shape index (κ3) is 0.917. The van der Waals surface area contributed by atoms with Crippen LogP contribution in [0.4, 0.5) is 0 Å². The van der Waals surface area contributed by atoms with Gasteiger partial charge >= 0.3 is 5.97 Å². The third-order valence-corrected chi connectivity index (χ3v) is 4.23. The molecule has 4 atom stereocenters. The zero-order valence-electron chi connectivity index (χ0n) is 7.57. The van der Waals surface area contributed by atoms with Crippen LogP contribution in [-0.4, -0.2) is 11.1 Å². The molecule has 2 saturated carbocycles. The topological polar surface area (TPSA) is 37.3 Å². The van der Waals surface area contributed by atoms with E-state index in [9.17, 15) is 4.79 Å². The largest absolute Gasteiger partial charge is 0.478 e. The Labute approximate surface area is 77.6 Å². The molecule has 1 N–H and O–H groups in total. The lowest BCUT2D eigenvalue weighted by Gasteiger charge is -2.39. The van der Waals surface area contributed by atoms with Gasteiger partial charge in [-0.1, -0.05) is 6.08 Å². The maximum atomic E-state index is 10.9. The van der Waals surface area contributed by atoms with Crippen LogP contribution >= 0.6 is 0 Å². The number of rotatable bonds is 1. The maximum absolute atomic E-state index is 10.9. The Morgan fingerprint density at radius 1 is 1.31 bits per heavy atom. The van der Waals surface area contributed by atoms with Gasteiger partial charge in [0.15, 0.2) is 0 Å². The molecule has 2 heteroatoms. The van der Waals surface area contributed by atoms with Gasteiger partial charge in [-0.2, -0.15) is 0 Å². The molecule has 4 aliphatic carbocycles. The average molecular weight is 178 g/mol. The predicted molar refractivity (Wildman–Crippen MR) is 48.1 cm³/mol. The molecule has 0 amide bonds. The van der Waals surface area contributed by atoms with Crippen molar-refractivity contribution in [3.05, 3.63) is 11.6 Å². The summed E-state index contributed by atoms with van der Waals surface area (Å²) in [7, 11) is 0. The minimum absolute atomic E-state index is 0.389. The Hall–Kier alpha value is -0.790. The normalized spacial score (nSPS) is 46.3. The number of carboxylic acids is 1. The van der Waals surface area contributed by atoms with Crippen molar-refractivity contribution in [1.82, 2.24) is 0 Å². The second-order valence-corrected chi connectivity index (χ2v) is 4.77. The maximum Gasteiger partial charge on any atom is 0.331 e. The predicted octanol–water partition coefficient (Wildman–Crippen LogP) is 2.06. The first-order valence-corrected chi connectivity index (χ1v) is 5.20. The van der Waals surface area contributed by atoms with E-state index in [-0.39, 0.29) is 0 Å². The quantitative estimate of drug-likeness (QED) is 0.667. The first kappa shape index (κ1) is 7.60. The van der Waals surface area contributed by atoms with Crippen LogP contribution in [0.2, 0.25) is 0 Å². The van der Waals surface area contributed by atoms with Crippen LogP contribution in [0.1, 0.15) is 25.7 Å². The van der Waals surface area contributed by atoms with Crippen molar-refractivity contribution in [1.29, 1.82) is 0 Å². The fourth-order valence-corrected chi connectivity index (χ4v) is 3.69. The van der Waals surface area contributed by atoms with Gasteiger partial charge in [0.2, 0.25) is 0 Å².